The highest BCUT2D eigenvalue weighted by Gasteiger charge is 2.15. The molecule has 0 aromatic heterocycles. The van der Waals surface area contributed by atoms with Crippen molar-refractivity contribution in [3.63, 3.8) is 0 Å². The molecule has 1 unspecified atom stereocenters. The Bertz CT molecular complexity index is 170. The molecule has 2 heteroatoms. The van der Waals surface area contributed by atoms with E-state index >= 15 is 0 Å². The summed E-state index contributed by atoms with van der Waals surface area (Å²) in [6.07, 6.45) is 12.5. The zero-order valence-corrected chi connectivity index (χ0v) is 10.5. The molecule has 0 spiro atoms. The lowest BCUT2D eigenvalue weighted by molar-refractivity contribution is 0.142. The minimum absolute atomic E-state index is 0.728. The number of hydrogen-bond donors (Lipinski definition) is 1. The normalized spacial score (nSPS) is 28.9. The van der Waals surface area contributed by atoms with Gasteiger partial charge in [0.25, 0.3) is 0 Å². The Kier molecular flexibility index (Phi) is 5.64. The first-order valence-corrected chi connectivity index (χ1v) is 7.26. The SMILES string of the molecule is C1CCC(CCNC2CCCOCC2)CC1. The predicted octanol–water partition coefficient (Wildman–Crippen LogP) is 3.12. The van der Waals surface area contributed by atoms with E-state index in [-0.39, 0.29) is 0 Å². The van der Waals surface area contributed by atoms with Gasteiger partial charge in [0.15, 0.2) is 0 Å². The molecule has 2 nitrogen and oxygen atoms in total. The third-order valence-corrected chi connectivity index (χ3v) is 4.16. The van der Waals surface area contributed by atoms with Crippen LogP contribution < -0.4 is 5.32 Å². The van der Waals surface area contributed by atoms with Gasteiger partial charge in [-0.05, 0) is 38.1 Å². The van der Waals surface area contributed by atoms with Gasteiger partial charge in [0, 0.05) is 19.3 Å². The molecule has 0 aromatic rings. The number of hydrogen-bond acceptors (Lipinski definition) is 2. The second-order valence-corrected chi connectivity index (χ2v) is 5.49. The van der Waals surface area contributed by atoms with Crippen LogP contribution in [-0.4, -0.2) is 25.8 Å². The van der Waals surface area contributed by atoms with Crippen molar-refractivity contribution in [2.24, 2.45) is 5.92 Å². The summed E-state index contributed by atoms with van der Waals surface area (Å²) < 4.78 is 5.48. The molecule has 2 fully saturated rings. The molecular formula is C14H27NO. The summed E-state index contributed by atoms with van der Waals surface area (Å²) in [5, 5.41) is 3.73. The van der Waals surface area contributed by atoms with Crippen LogP contribution in [0.15, 0.2) is 0 Å². The third kappa shape index (κ3) is 4.42. The van der Waals surface area contributed by atoms with E-state index in [1.165, 1.54) is 64.3 Å². The Labute approximate surface area is 100 Å². The molecular weight excluding hydrogens is 198 g/mol. The average molecular weight is 225 g/mol. The molecule has 0 bridgehead atoms. The Morgan fingerprint density at radius 1 is 0.875 bits per heavy atom. The summed E-state index contributed by atoms with van der Waals surface area (Å²) in [4.78, 5) is 0. The highest BCUT2D eigenvalue weighted by Crippen LogP contribution is 2.25. The Hall–Kier alpha value is -0.0800. The smallest absolute Gasteiger partial charge is 0.0480 e. The monoisotopic (exact) mass is 225 g/mol. The van der Waals surface area contributed by atoms with Crippen LogP contribution in [0, 0.1) is 5.92 Å². The maximum Gasteiger partial charge on any atom is 0.0480 e. The van der Waals surface area contributed by atoms with E-state index in [1.807, 2.05) is 0 Å². The van der Waals surface area contributed by atoms with Gasteiger partial charge < -0.3 is 10.1 Å². The predicted molar refractivity (Wildman–Crippen MR) is 67.7 cm³/mol. The van der Waals surface area contributed by atoms with Gasteiger partial charge in [-0.3, -0.25) is 0 Å². The van der Waals surface area contributed by atoms with Gasteiger partial charge in [-0.2, -0.15) is 0 Å². The zero-order chi connectivity index (χ0) is 11.1. The molecule has 1 N–H and O–H groups in total. The van der Waals surface area contributed by atoms with Crippen molar-refractivity contribution in [2.45, 2.75) is 63.8 Å². The lowest BCUT2D eigenvalue weighted by Crippen LogP contribution is -2.31. The first-order chi connectivity index (χ1) is 7.95. The first-order valence-electron chi connectivity index (χ1n) is 7.26. The molecule has 1 aliphatic heterocycles. The van der Waals surface area contributed by atoms with E-state index in [4.69, 9.17) is 4.74 Å². The maximum atomic E-state index is 5.48. The van der Waals surface area contributed by atoms with Crippen molar-refractivity contribution in [3.05, 3.63) is 0 Å². The summed E-state index contributed by atoms with van der Waals surface area (Å²) >= 11 is 0. The highest BCUT2D eigenvalue weighted by atomic mass is 16.5. The van der Waals surface area contributed by atoms with Crippen LogP contribution in [0.4, 0.5) is 0 Å². The summed E-state index contributed by atoms with van der Waals surface area (Å²) in [6, 6.07) is 0.728. The van der Waals surface area contributed by atoms with Gasteiger partial charge in [-0.25, -0.2) is 0 Å². The summed E-state index contributed by atoms with van der Waals surface area (Å²) in [6.45, 7) is 3.16. The zero-order valence-electron chi connectivity index (χ0n) is 10.5. The van der Waals surface area contributed by atoms with Crippen LogP contribution in [0.2, 0.25) is 0 Å². The quantitative estimate of drug-likeness (QED) is 0.793. The molecule has 16 heavy (non-hydrogen) atoms. The molecule has 1 saturated carbocycles. The first kappa shape index (κ1) is 12.4. The second kappa shape index (κ2) is 7.29. The number of nitrogens with one attached hydrogen (secondary N) is 1. The van der Waals surface area contributed by atoms with Crippen molar-refractivity contribution in [1.29, 1.82) is 0 Å². The summed E-state index contributed by atoms with van der Waals surface area (Å²) in [5.41, 5.74) is 0. The standard InChI is InChI=1S/C14H27NO/c1-2-5-13(6-3-1)8-10-15-14-7-4-11-16-12-9-14/h13-15H,1-12H2. The molecule has 2 aliphatic rings. The van der Waals surface area contributed by atoms with Crippen LogP contribution in [0.25, 0.3) is 0 Å². The fourth-order valence-electron chi connectivity index (χ4n) is 3.08. The third-order valence-electron chi connectivity index (χ3n) is 4.16. The Morgan fingerprint density at radius 2 is 1.75 bits per heavy atom. The van der Waals surface area contributed by atoms with Crippen molar-refractivity contribution in [1.82, 2.24) is 5.32 Å². The van der Waals surface area contributed by atoms with Crippen LogP contribution >= 0.6 is 0 Å². The molecule has 0 amide bonds. The van der Waals surface area contributed by atoms with E-state index in [0.717, 1.165) is 25.2 Å². The van der Waals surface area contributed by atoms with E-state index < -0.39 is 0 Å². The topological polar surface area (TPSA) is 21.3 Å². The molecule has 1 atom stereocenters. The molecule has 94 valence electrons. The lowest BCUT2D eigenvalue weighted by Gasteiger charge is -2.23. The minimum atomic E-state index is 0.728. The second-order valence-electron chi connectivity index (χ2n) is 5.49. The molecule has 1 aliphatic carbocycles. The summed E-state index contributed by atoms with van der Waals surface area (Å²) in [5.74, 6) is 1.02. The van der Waals surface area contributed by atoms with Gasteiger partial charge in [0.05, 0.1) is 0 Å². The van der Waals surface area contributed by atoms with Crippen molar-refractivity contribution in [2.75, 3.05) is 19.8 Å². The molecule has 0 aromatic carbocycles. The van der Waals surface area contributed by atoms with Gasteiger partial charge in [0.1, 0.15) is 0 Å². The van der Waals surface area contributed by atoms with E-state index in [0.29, 0.717) is 0 Å². The van der Waals surface area contributed by atoms with Gasteiger partial charge >= 0.3 is 0 Å². The molecule has 1 heterocycles. The lowest BCUT2D eigenvalue weighted by atomic mass is 9.87. The van der Waals surface area contributed by atoms with Gasteiger partial charge in [-0.15, -0.1) is 0 Å². The Morgan fingerprint density at radius 3 is 2.62 bits per heavy atom. The molecule has 0 radical (unpaired) electrons. The minimum Gasteiger partial charge on any atom is -0.381 e. The van der Waals surface area contributed by atoms with Crippen LogP contribution in [-0.2, 0) is 4.74 Å². The maximum absolute atomic E-state index is 5.48. The highest BCUT2D eigenvalue weighted by molar-refractivity contribution is 4.72. The van der Waals surface area contributed by atoms with Crippen LogP contribution in [0.3, 0.4) is 0 Å². The van der Waals surface area contributed by atoms with E-state index in [2.05, 4.69) is 5.32 Å². The van der Waals surface area contributed by atoms with E-state index in [9.17, 15) is 0 Å². The summed E-state index contributed by atoms with van der Waals surface area (Å²) in [7, 11) is 0. The molecule has 2 rings (SSSR count). The molecule has 1 saturated heterocycles. The van der Waals surface area contributed by atoms with Crippen LogP contribution in [0.1, 0.15) is 57.8 Å². The van der Waals surface area contributed by atoms with Crippen LogP contribution in [0.5, 0.6) is 0 Å². The van der Waals surface area contributed by atoms with Gasteiger partial charge in [-0.1, -0.05) is 32.1 Å². The average Bonchev–Trinajstić information content (AvgIpc) is 2.59. The largest absolute Gasteiger partial charge is 0.381 e. The van der Waals surface area contributed by atoms with E-state index in [1.54, 1.807) is 0 Å². The van der Waals surface area contributed by atoms with Crippen molar-refractivity contribution in [3.8, 4) is 0 Å². The number of ether oxygens (including phenoxy) is 1. The van der Waals surface area contributed by atoms with Crippen molar-refractivity contribution < 1.29 is 4.74 Å². The fourth-order valence-corrected chi connectivity index (χ4v) is 3.08. The van der Waals surface area contributed by atoms with Crippen molar-refractivity contribution >= 4 is 0 Å². The Balaban J connectivity index is 1.55. The van der Waals surface area contributed by atoms with Gasteiger partial charge in [0.2, 0.25) is 0 Å². The number of rotatable bonds is 4. The fraction of sp³-hybridized carbons (Fsp3) is 1.00.